The van der Waals surface area contributed by atoms with Gasteiger partial charge in [0.25, 0.3) is 0 Å². The molecule has 1 unspecified atom stereocenters. The highest BCUT2D eigenvalue weighted by atomic mass is 19.1. The number of carbonyl (C=O) groups excluding carboxylic acids is 1. The highest BCUT2D eigenvalue weighted by Gasteiger charge is 2.28. The molecule has 0 N–H and O–H groups in total. The van der Waals surface area contributed by atoms with Gasteiger partial charge in [-0.05, 0) is 48.2 Å². The molecule has 0 amide bonds. The Morgan fingerprint density at radius 1 is 1.25 bits per heavy atom. The maximum atomic E-state index is 13.1. The molecule has 2 nitrogen and oxygen atoms in total. The summed E-state index contributed by atoms with van der Waals surface area (Å²) in [6, 6.07) is 12.1. The van der Waals surface area contributed by atoms with Gasteiger partial charge in [-0.2, -0.15) is 0 Å². The number of fused-ring (bicyclic) bond motifs is 1. The lowest BCUT2D eigenvalue weighted by Gasteiger charge is -2.25. The van der Waals surface area contributed by atoms with Crippen molar-refractivity contribution in [2.75, 3.05) is 6.61 Å². The average molecular weight is 270 g/mol. The first kappa shape index (κ1) is 13.0. The van der Waals surface area contributed by atoms with E-state index in [1.807, 2.05) is 24.3 Å². The molecule has 0 aromatic heterocycles. The molecular formula is C17H15FO2. The second-order valence-corrected chi connectivity index (χ2v) is 5.02. The van der Waals surface area contributed by atoms with Crippen LogP contribution >= 0.6 is 0 Å². The van der Waals surface area contributed by atoms with Gasteiger partial charge in [0.1, 0.15) is 11.9 Å². The fourth-order valence-electron chi connectivity index (χ4n) is 2.66. The van der Waals surface area contributed by atoms with Gasteiger partial charge in [0, 0.05) is 5.56 Å². The van der Waals surface area contributed by atoms with E-state index < -0.39 is 6.10 Å². The summed E-state index contributed by atoms with van der Waals surface area (Å²) >= 11 is 0. The number of benzene rings is 2. The molecule has 0 fully saturated rings. The van der Waals surface area contributed by atoms with E-state index in [1.165, 1.54) is 18.2 Å². The monoisotopic (exact) mass is 270 g/mol. The van der Waals surface area contributed by atoms with Crippen LogP contribution in [-0.4, -0.2) is 12.4 Å². The molecule has 2 aromatic carbocycles. The summed E-state index contributed by atoms with van der Waals surface area (Å²) in [4.78, 5) is 12.6. The van der Waals surface area contributed by atoms with Gasteiger partial charge in [0.2, 0.25) is 0 Å². The predicted octanol–water partition coefficient (Wildman–Crippen LogP) is 3.63. The number of hydrogen-bond donors (Lipinski definition) is 0. The van der Waals surface area contributed by atoms with E-state index in [0.29, 0.717) is 17.7 Å². The number of ether oxygens (including phenoxy) is 1. The number of Topliss-reactive ketones (excluding diaryl/α,β-unsaturated/α-hetero) is 1. The SMILES string of the molecule is Cc1cc(F)ccc1C(=O)C1OCCc2ccccc21. The van der Waals surface area contributed by atoms with Crippen LogP contribution in [0.25, 0.3) is 0 Å². The average Bonchev–Trinajstić information content (AvgIpc) is 2.46. The van der Waals surface area contributed by atoms with Crippen LogP contribution in [0.4, 0.5) is 4.39 Å². The van der Waals surface area contributed by atoms with Crippen molar-refractivity contribution < 1.29 is 13.9 Å². The summed E-state index contributed by atoms with van der Waals surface area (Å²) < 4.78 is 18.8. The van der Waals surface area contributed by atoms with Crippen LogP contribution in [0.15, 0.2) is 42.5 Å². The Morgan fingerprint density at radius 3 is 2.85 bits per heavy atom. The zero-order chi connectivity index (χ0) is 14.1. The Balaban J connectivity index is 2.00. The fraction of sp³-hybridized carbons (Fsp3) is 0.235. The van der Waals surface area contributed by atoms with Gasteiger partial charge < -0.3 is 4.74 Å². The van der Waals surface area contributed by atoms with Crippen LogP contribution < -0.4 is 0 Å². The lowest BCUT2D eigenvalue weighted by atomic mass is 9.91. The molecule has 20 heavy (non-hydrogen) atoms. The third-order valence-corrected chi connectivity index (χ3v) is 3.69. The van der Waals surface area contributed by atoms with E-state index in [4.69, 9.17) is 4.74 Å². The molecule has 102 valence electrons. The fourth-order valence-corrected chi connectivity index (χ4v) is 2.66. The molecule has 2 aromatic rings. The Bertz CT molecular complexity index is 664. The summed E-state index contributed by atoms with van der Waals surface area (Å²) in [6.45, 7) is 2.28. The third kappa shape index (κ3) is 2.25. The molecule has 1 aliphatic rings. The van der Waals surface area contributed by atoms with Gasteiger partial charge in [-0.1, -0.05) is 24.3 Å². The number of carbonyl (C=O) groups is 1. The summed E-state index contributed by atoms with van der Waals surface area (Å²) in [5, 5.41) is 0. The maximum absolute atomic E-state index is 13.1. The van der Waals surface area contributed by atoms with Crippen molar-refractivity contribution >= 4 is 5.78 Å². The molecule has 3 rings (SSSR count). The first-order valence-corrected chi connectivity index (χ1v) is 6.66. The molecule has 1 heterocycles. The van der Waals surface area contributed by atoms with Crippen molar-refractivity contribution in [1.29, 1.82) is 0 Å². The maximum Gasteiger partial charge on any atom is 0.196 e. The van der Waals surface area contributed by atoms with Gasteiger partial charge in [-0.3, -0.25) is 4.79 Å². The van der Waals surface area contributed by atoms with Crippen LogP contribution in [0.1, 0.15) is 33.2 Å². The normalized spacial score (nSPS) is 17.6. The molecule has 0 bridgehead atoms. The van der Waals surface area contributed by atoms with Gasteiger partial charge in [-0.25, -0.2) is 4.39 Å². The number of aryl methyl sites for hydroxylation is 1. The van der Waals surface area contributed by atoms with E-state index >= 15 is 0 Å². The molecule has 0 saturated carbocycles. The molecule has 0 saturated heterocycles. The minimum Gasteiger partial charge on any atom is -0.365 e. The Kier molecular flexibility index (Phi) is 3.36. The molecule has 1 atom stereocenters. The van der Waals surface area contributed by atoms with Crippen LogP contribution in [-0.2, 0) is 11.2 Å². The number of hydrogen-bond acceptors (Lipinski definition) is 2. The van der Waals surface area contributed by atoms with E-state index in [1.54, 1.807) is 6.92 Å². The second kappa shape index (κ2) is 5.17. The summed E-state index contributed by atoms with van der Waals surface area (Å²) in [5.74, 6) is -0.432. The minimum absolute atomic E-state index is 0.102. The highest BCUT2D eigenvalue weighted by Crippen LogP contribution is 2.30. The smallest absolute Gasteiger partial charge is 0.196 e. The van der Waals surface area contributed by atoms with Crippen molar-refractivity contribution in [3.05, 3.63) is 70.5 Å². The van der Waals surface area contributed by atoms with Gasteiger partial charge in [0.15, 0.2) is 5.78 Å². The van der Waals surface area contributed by atoms with Crippen LogP contribution in [0.3, 0.4) is 0 Å². The van der Waals surface area contributed by atoms with Gasteiger partial charge >= 0.3 is 0 Å². The lowest BCUT2D eigenvalue weighted by Crippen LogP contribution is -2.24. The van der Waals surface area contributed by atoms with Gasteiger partial charge in [-0.15, -0.1) is 0 Å². The molecule has 3 heteroatoms. The van der Waals surface area contributed by atoms with Crippen molar-refractivity contribution in [1.82, 2.24) is 0 Å². The van der Waals surface area contributed by atoms with Crippen LogP contribution in [0.2, 0.25) is 0 Å². The minimum atomic E-state index is -0.580. The quantitative estimate of drug-likeness (QED) is 0.779. The van der Waals surface area contributed by atoms with E-state index in [2.05, 4.69) is 0 Å². The second-order valence-electron chi connectivity index (χ2n) is 5.02. The van der Waals surface area contributed by atoms with Crippen molar-refractivity contribution in [2.24, 2.45) is 0 Å². The number of ketones is 1. The number of halogens is 1. The molecule has 0 aliphatic carbocycles. The first-order valence-electron chi connectivity index (χ1n) is 6.66. The molecule has 0 radical (unpaired) electrons. The summed E-state index contributed by atoms with van der Waals surface area (Å²) in [6.07, 6.45) is 0.242. The van der Waals surface area contributed by atoms with E-state index in [0.717, 1.165) is 17.5 Å². The standard InChI is InChI=1S/C17H15FO2/c1-11-10-13(18)6-7-14(11)16(19)17-15-5-3-2-4-12(15)8-9-20-17/h2-7,10,17H,8-9H2,1H3. The Morgan fingerprint density at radius 2 is 2.05 bits per heavy atom. The summed E-state index contributed by atoms with van der Waals surface area (Å²) in [7, 11) is 0. The Hall–Kier alpha value is -2.00. The van der Waals surface area contributed by atoms with Crippen molar-refractivity contribution in [3.8, 4) is 0 Å². The van der Waals surface area contributed by atoms with Crippen LogP contribution in [0, 0.1) is 12.7 Å². The van der Waals surface area contributed by atoms with Crippen LogP contribution in [0.5, 0.6) is 0 Å². The van der Waals surface area contributed by atoms with E-state index in [-0.39, 0.29) is 11.6 Å². The van der Waals surface area contributed by atoms with Crippen molar-refractivity contribution in [2.45, 2.75) is 19.4 Å². The zero-order valence-electron chi connectivity index (χ0n) is 11.2. The molecule has 0 spiro atoms. The lowest BCUT2D eigenvalue weighted by molar-refractivity contribution is 0.0348. The molecule has 1 aliphatic heterocycles. The van der Waals surface area contributed by atoms with Crippen molar-refractivity contribution in [3.63, 3.8) is 0 Å². The Labute approximate surface area is 117 Å². The summed E-state index contributed by atoms with van der Waals surface area (Å²) in [5.41, 5.74) is 3.24. The number of rotatable bonds is 2. The largest absolute Gasteiger partial charge is 0.365 e. The molecular weight excluding hydrogens is 255 g/mol. The zero-order valence-corrected chi connectivity index (χ0v) is 11.2. The van der Waals surface area contributed by atoms with E-state index in [9.17, 15) is 9.18 Å². The predicted molar refractivity (Wildman–Crippen MR) is 74.3 cm³/mol. The highest BCUT2D eigenvalue weighted by molar-refractivity contribution is 6.01. The van der Waals surface area contributed by atoms with Gasteiger partial charge in [0.05, 0.1) is 6.61 Å². The topological polar surface area (TPSA) is 26.3 Å². The third-order valence-electron chi connectivity index (χ3n) is 3.69. The first-order chi connectivity index (χ1) is 9.66.